The molecule has 0 aliphatic rings. The molecule has 0 saturated heterocycles. The van der Waals surface area contributed by atoms with Gasteiger partial charge in [0.05, 0.1) is 11.2 Å². The molecule has 1 aromatic carbocycles. The van der Waals surface area contributed by atoms with Crippen LogP contribution in [0.1, 0.15) is 16.9 Å². The van der Waals surface area contributed by atoms with Crippen molar-refractivity contribution < 1.29 is 36.6 Å². The van der Waals surface area contributed by atoms with Crippen LogP contribution in [0, 0.1) is 5.82 Å². The molecule has 0 saturated carbocycles. The van der Waals surface area contributed by atoms with Gasteiger partial charge >= 0.3 is 6.36 Å². The minimum atomic E-state index is -4.86. The molecule has 0 fully saturated rings. The number of halogens is 5. The van der Waals surface area contributed by atoms with E-state index in [2.05, 4.69) is 26.9 Å². The maximum absolute atomic E-state index is 13.3. The van der Waals surface area contributed by atoms with E-state index in [4.69, 9.17) is 16.3 Å². The Bertz CT molecular complexity index is 952. The van der Waals surface area contributed by atoms with Crippen molar-refractivity contribution in [2.75, 3.05) is 13.2 Å². The molecular weight excluding hydrogens is 446 g/mol. The quantitative estimate of drug-likeness (QED) is 0.557. The number of amides is 2. The van der Waals surface area contributed by atoms with Gasteiger partial charge < -0.3 is 20.1 Å². The summed E-state index contributed by atoms with van der Waals surface area (Å²) in [6.07, 6.45) is -3.93. The first-order valence-corrected chi connectivity index (χ1v) is 8.97. The fourth-order valence-electron chi connectivity index (χ4n) is 2.12. The van der Waals surface area contributed by atoms with Gasteiger partial charge in [0.2, 0.25) is 0 Å². The molecule has 0 bridgehead atoms. The van der Waals surface area contributed by atoms with Gasteiger partial charge in [0.15, 0.2) is 6.61 Å². The Morgan fingerprint density at radius 2 is 1.87 bits per heavy atom. The lowest BCUT2D eigenvalue weighted by Gasteiger charge is -2.11. The van der Waals surface area contributed by atoms with E-state index in [1.54, 1.807) is 0 Å². The molecule has 0 aliphatic carbocycles. The average molecular weight is 462 g/mol. The van der Waals surface area contributed by atoms with Crippen molar-refractivity contribution in [2.24, 2.45) is 0 Å². The molecule has 1 heterocycles. The summed E-state index contributed by atoms with van der Waals surface area (Å²) in [5, 5.41) is 4.86. The number of carbonyl (C=O) groups is 2. The highest BCUT2D eigenvalue weighted by Gasteiger charge is 2.31. The van der Waals surface area contributed by atoms with Gasteiger partial charge in [-0.25, -0.2) is 9.37 Å². The third-order valence-electron chi connectivity index (χ3n) is 3.50. The van der Waals surface area contributed by atoms with Crippen LogP contribution in [-0.4, -0.2) is 36.3 Å². The number of nitrogens with zero attached hydrogens (tertiary/aromatic N) is 1. The Balaban J connectivity index is 1.70. The summed E-state index contributed by atoms with van der Waals surface area (Å²) >= 11 is 5.55. The van der Waals surface area contributed by atoms with Crippen LogP contribution >= 0.6 is 11.6 Å². The van der Waals surface area contributed by atoms with E-state index in [-0.39, 0.29) is 41.7 Å². The Morgan fingerprint density at radius 1 is 1.16 bits per heavy atom. The van der Waals surface area contributed by atoms with Crippen LogP contribution < -0.4 is 20.1 Å². The van der Waals surface area contributed by atoms with Gasteiger partial charge in [-0.15, -0.1) is 13.2 Å². The number of benzene rings is 1. The van der Waals surface area contributed by atoms with Crippen molar-refractivity contribution in [3.8, 4) is 11.5 Å². The van der Waals surface area contributed by atoms with E-state index in [9.17, 15) is 27.2 Å². The van der Waals surface area contributed by atoms with E-state index in [1.807, 2.05) is 0 Å². The number of alkyl halides is 3. The van der Waals surface area contributed by atoms with Crippen LogP contribution in [0.15, 0.2) is 48.8 Å². The summed E-state index contributed by atoms with van der Waals surface area (Å²) < 4.78 is 58.4. The topological polar surface area (TPSA) is 89.6 Å². The van der Waals surface area contributed by atoms with Crippen LogP contribution in [0.4, 0.5) is 17.6 Å². The molecule has 166 valence electrons. The first-order chi connectivity index (χ1) is 14.5. The lowest BCUT2D eigenvalue weighted by Crippen LogP contribution is -2.31. The van der Waals surface area contributed by atoms with Gasteiger partial charge in [0.25, 0.3) is 11.8 Å². The zero-order valence-corrected chi connectivity index (χ0v) is 16.5. The normalized spacial score (nSPS) is 10.9. The van der Waals surface area contributed by atoms with Gasteiger partial charge in [-0.1, -0.05) is 18.2 Å². The fraction of sp³-hybridized carbons (Fsp3) is 0.211. The molecule has 0 atom stereocenters. The number of nitrogens with one attached hydrogen (secondary N) is 2. The van der Waals surface area contributed by atoms with E-state index >= 15 is 0 Å². The number of hydrogen-bond donors (Lipinski definition) is 2. The van der Waals surface area contributed by atoms with Gasteiger partial charge in [0.1, 0.15) is 23.0 Å². The van der Waals surface area contributed by atoms with Gasteiger partial charge in [-0.3, -0.25) is 9.59 Å². The molecule has 0 aliphatic heterocycles. The summed E-state index contributed by atoms with van der Waals surface area (Å²) in [6.45, 7) is 3.37. The number of pyridine rings is 1. The fourth-order valence-corrected chi connectivity index (χ4v) is 2.23. The van der Waals surface area contributed by atoms with Crippen molar-refractivity contribution >= 4 is 23.4 Å². The Labute approximate surface area is 179 Å². The zero-order chi connectivity index (χ0) is 23.0. The summed E-state index contributed by atoms with van der Waals surface area (Å²) in [6, 6.07) is 5.75. The first kappa shape index (κ1) is 23.9. The molecule has 0 unspecified atom stereocenters. The number of rotatable bonds is 9. The number of hydrogen-bond acceptors (Lipinski definition) is 5. The number of carbonyl (C=O) groups excluding carboxylic acids is 2. The van der Waals surface area contributed by atoms with Crippen molar-refractivity contribution in [2.45, 2.75) is 12.8 Å². The smallest absolute Gasteiger partial charge is 0.484 e. The van der Waals surface area contributed by atoms with Gasteiger partial charge in [-0.05, 0) is 24.3 Å². The van der Waals surface area contributed by atoms with Crippen molar-refractivity contribution in [3.63, 3.8) is 0 Å². The minimum Gasteiger partial charge on any atom is -0.484 e. The first-order valence-electron chi connectivity index (χ1n) is 8.59. The van der Waals surface area contributed by atoms with Crippen LogP contribution in [-0.2, 0) is 4.79 Å². The standard InChI is InChI=1S/C19H16ClF4N3O4/c1-11(27-18(29)16-5-3-13(9-26-16)31-19(22,23)24)6-7-25-17(28)10-30-12-2-4-14(20)15(21)8-12/h2-5,8-9H,1,6-7,10H2,(H,25,28)(H,27,29). The SMILES string of the molecule is C=C(CCNC(=O)COc1ccc(Cl)c(F)c1)NC(=O)c1ccc(OC(F)(F)F)cn1. The molecular formula is C19H16ClF4N3O4. The average Bonchev–Trinajstić information content (AvgIpc) is 2.68. The molecule has 7 nitrogen and oxygen atoms in total. The molecule has 2 aromatic rings. The molecule has 12 heteroatoms. The molecule has 1 aromatic heterocycles. The van der Waals surface area contributed by atoms with E-state index in [0.717, 1.165) is 24.4 Å². The van der Waals surface area contributed by atoms with Crippen LogP contribution in [0.2, 0.25) is 5.02 Å². The highest BCUT2D eigenvalue weighted by Crippen LogP contribution is 2.22. The largest absolute Gasteiger partial charge is 0.573 e. The third-order valence-corrected chi connectivity index (χ3v) is 3.81. The second-order valence-electron chi connectivity index (χ2n) is 5.95. The highest BCUT2D eigenvalue weighted by molar-refractivity contribution is 6.30. The van der Waals surface area contributed by atoms with Crippen molar-refractivity contribution in [1.82, 2.24) is 15.6 Å². The van der Waals surface area contributed by atoms with E-state index in [1.165, 1.54) is 12.1 Å². The third kappa shape index (κ3) is 8.51. The predicted molar refractivity (Wildman–Crippen MR) is 102 cm³/mol. The van der Waals surface area contributed by atoms with Crippen molar-refractivity contribution in [3.05, 3.63) is 65.3 Å². The summed E-state index contributed by atoms with van der Waals surface area (Å²) in [5.74, 6) is -2.29. The molecule has 2 N–H and O–H groups in total. The lowest BCUT2D eigenvalue weighted by molar-refractivity contribution is -0.274. The Hall–Kier alpha value is -3.34. The molecule has 0 radical (unpaired) electrons. The number of ether oxygens (including phenoxy) is 2. The lowest BCUT2D eigenvalue weighted by atomic mass is 10.3. The molecule has 31 heavy (non-hydrogen) atoms. The maximum Gasteiger partial charge on any atom is 0.573 e. The second kappa shape index (κ2) is 10.6. The molecule has 2 rings (SSSR count). The zero-order valence-electron chi connectivity index (χ0n) is 15.8. The summed E-state index contributed by atoms with van der Waals surface area (Å²) in [4.78, 5) is 27.4. The van der Waals surface area contributed by atoms with Crippen LogP contribution in [0.3, 0.4) is 0 Å². The number of aromatic nitrogens is 1. The Kier molecular flexibility index (Phi) is 8.20. The Morgan fingerprint density at radius 3 is 2.48 bits per heavy atom. The maximum atomic E-state index is 13.3. The van der Waals surface area contributed by atoms with Crippen LogP contribution in [0.5, 0.6) is 11.5 Å². The van der Waals surface area contributed by atoms with E-state index < -0.39 is 29.7 Å². The summed E-state index contributed by atoms with van der Waals surface area (Å²) in [5.41, 5.74) is 0.0896. The summed E-state index contributed by atoms with van der Waals surface area (Å²) in [7, 11) is 0. The second-order valence-corrected chi connectivity index (χ2v) is 6.36. The molecule has 2 amide bonds. The van der Waals surface area contributed by atoms with Gasteiger partial charge in [0, 0.05) is 24.7 Å². The van der Waals surface area contributed by atoms with Crippen LogP contribution in [0.25, 0.3) is 0 Å². The minimum absolute atomic E-state index is 0.0712. The van der Waals surface area contributed by atoms with Crippen molar-refractivity contribution in [1.29, 1.82) is 0 Å². The van der Waals surface area contributed by atoms with E-state index in [0.29, 0.717) is 0 Å². The molecule has 0 spiro atoms. The monoisotopic (exact) mass is 461 g/mol. The van der Waals surface area contributed by atoms with Gasteiger partial charge in [-0.2, -0.15) is 0 Å². The predicted octanol–water partition coefficient (Wildman–Crippen LogP) is 3.60. The highest BCUT2D eigenvalue weighted by atomic mass is 35.5.